The SMILES string of the molecule is CNC(=O)C1=CCCCC=C1. The van der Waals surface area contributed by atoms with Crippen molar-refractivity contribution < 1.29 is 4.79 Å². The van der Waals surface area contributed by atoms with E-state index >= 15 is 0 Å². The Labute approximate surface area is 67.0 Å². The van der Waals surface area contributed by atoms with E-state index in [-0.39, 0.29) is 5.91 Å². The lowest BCUT2D eigenvalue weighted by molar-refractivity contribution is -0.116. The molecule has 11 heavy (non-hydrogen) atoms. The van der Waals surface area contributed by atoms with E-state index < -0.39 is 0 Å². The predicted molar refractivity (Wildman–Crippen MR) is 45.1 cm³/mol. The van der Waals surface area contributed by atoms with Crippen LogP contribution in [0.25, 0.3) is 0 Å². The van der Waals surface area contributed by atoms with Crippen molar-refractivity contribution >= 4 is 5.91 Å². The molecule has 0 saturated carbocycles. The molecular weight excluding hydrogens is 138 g/mol. The normalized spacial score (nSPS) is 17.0. The van der Waals surface area contributed by atoms with Crippen molar-refractivity contribution in [3.8, 4) is 0 Å². The molecule has 1 amide bonds. The molecule has 60 valence electrons. The first-order valence-corrected chi connectivity index (χ1v) is 3.93. The van der Waals surface area contributed by atoms with E-state index in [9.17, 15) is 4.79 Å². The van der Waals surface area contributed by atoms with Crippen LogP contribution in [0, 0.1) is 0 Å². The molecule has 0 spiro atoms. The van der Waals surface area contributed by atoms with Gasteiger partial charge in [-0.2, -0.15) is 0 Å². The van der Waals surface area contributed by atoms with E-state index in [0.29, 0.717) is 0 Å². The molecule has 0 radical (unpaired) electrons. The molecule has 0 aromatic heterocycles. The molecule has 2 heteroatoms. The molecule has 0 unspecified atom stereocenters. The minimum absolute atomic E-state index is 0.0168. The van der Waals surface area contributed by atoms with Gasteiger partial charge < -0.3 is 5.32 Å². The summed E-state index contributed by atoms with van der Waals surface area (Å²) < 4.78 is 0. The summed E-state index contributed by atoms with van der Waals surface area (Å²) in [6, 6.07) is 0. The van der Waals surface area contributed by atoms with Crippen LogP contribution >= 0.6 is 0 Å². The maximum absolute atomic E-state index is 11.1. The molecule has 0 aromatic carbocycles. The number of hydrogen-bond acceptors (Lipinski definition) is 1. The molecule has 0 fully saturated rings. The number of carbonyl (C=O) groups excluding carboxylic acids is 1. The molecule has 1 rings (SSSR count). The van der Waals surface area contributed by atoms with Crippen molar-refractivity contribution in [2.24, 2.45) is 0 Å². The van der Waals surface area contributed by atoms with E-state index in [2.05, 4.69) is 5.32 Å². The minimum atomic E-state index is 0.0168. The number of allylic oxidation sites excluding steroid dienone is 2. The summed E-state index contributed by atoms with van der Waals surface area (Å²) in [6.07, 6.45) is 9.17. The highest BCUT2D eigenvalue weighted by atomic mass is 16.1. The maximum atomic E-state index is 11.1. The Bertz CT molecular complexity index is 204. The largest absolute Gasteiger partial charge is 0.355 e. The molecule has 0 aliphatic heterocycles. The Balaban J connectivity index is 2.67. The monoisotopic (exact) mass is 151 g/mol. The zero-order chi connectivity index (χ0) is 8.10. The zero-order valence-corrected chi connectivity index (χ0v) is 6.76. The Kier molecular flexibility index (Phi) is 2.90. The summed E-state index contributed by atoms with van der Waals surface area (Å²) in [4.78, 5) is 11.1. The third kappa shape index (κ3) is 2.22. The second kappa shape index (κ2) is 3.96. The van der Waals surface area contributed by atoms with Crippen LogP contribution in [-0.2, 0) is 4.79 Å². The third-order valence-corrected chi connectivity index (χ3v) is 1.73. The van der Waals surface area contributed by atoms with E-state index in [1.54, 1.807) is 7.05 Å². The van der Waals surface area contributed by atoms with Crippen molar-refractivity contribution in [1.82, 2.24) is 5.32 Å². The second-order valence-electron chi connectivity index (χ2n) is 2.57. The second-order valence-corrected chi connectivity index (χ2v) is 2.57. The summed E-state index contributed by atoms with van der Waals surface area (Å²) in [5.41, 5.74) is 0.796. The Morgan fingerprint density at radius 1 is 1.55 bits per heavy atom. The Morgan fingerprint density at radius 2 is 2.36 bits per heavy atom. The van der Waals surface area contributed by atoms with Crippen molar-refractivity contribution in [1.29, 1.82) is 0 Å². The molecule has 1 aliphatic carbocycles. The smallest absolute Gasteiger partial charge is 0.250 e. The van der Waals surface area contributed by atoms with Crippen LogP contribution in [0.4, 0.5) is 0 Å². The molecular formula is C9H13NO. The average Bonchev–Trinajstić information content (AvgIpc) is 2.30. The quantitative estimate of drug-likeness (QED) is 0.603. The fourth-order valence-corrected chi connectivity index (χ4v) is 1.08. The van der Waals surface area contributed by atoms with Gasteiger partial charge in [0.1, 0.15) is 0 Å². The molecule has 0 saturated heterocycles. The van der Waals surface area contributed by atoms with Crippen molar-refractivity contribution in [3.63, 3.8) is 0 Å². The first-order chi connectivity index (χ1) is 5.34. The standard InChI is InChI=1S/C9H13NO/c1-10-9(11)8-6-4-2-3-5-7-8/h4,6-7H,2-3,5H2,1H3,(H,10,11). The predicted octanol–water partition coefficient (Wildman–Crippen LogP) is 1.40. The number of nitrogens with one attached hydrogen (secondary N) is 1. The molecule has 2 nitrogen and oxygen atoms in total. The lowest BCUT2D eigenvalue weighted by Crippen LogP contribution is -2.18. The van der Waals surface area contributed by atoms with E-state index in [4.69, 9.17) is 0 Å². The van der Waals surface area contributed by atoms with Gasteiger partial charge in [-0.15, -0.1) is 0 Å². The first kappa shape index (κ1) is 8.05. The third-order valence-electron chi connectivity index (χ3n) is 1.73. The highest BCUT2D eigenvalue weighted by Gasteiger charge is 2.03. The highest BCUT2D eigenvalue weighted by molar-refractivity contribution is 5.95. The molecule has 0 heterocycles. The van der Waals surface area contributed by atoms with Gasteiger partial charge in [0, 0.05) is 12.6 Å². The summed E-state index contributed by atoms with van der Waals surface area (Å²) >= 11 is 0. The molecule has 1 N–H and O–H groups in total. The van der Waals surface area contributed by atoms with Crippen LogP contribution in [0.15, 0.2) is 23.8 Å². The van der Waals surface area contributed by atoms with Gasteiger partial charge in [-0.1, -0.05) is 18.2 Å². The lowest BCUT2D eigenvalue weighted by Gasteiger charge is -1.97. The van der Waals surface area contributed by atoms with Gasteiger partial charge in [-0.3, -0.25) is 4.79 Å². The van der Waals surface area contributed by atoms with Crippen molar-refractivity contribution in [2.45, 2.75) is 19.3 Å². The highest BCUT2D eigenvalue weighted by Crippen LogP contribution is 2.09. The minimum Gasteiger partial charge on any atom is -0.355 e. The molecule has 0 aromatic rings. The topological polar surface area (TPSA) is 29.1 Å². The van der Waals surface area contributed by atoms with Gasteiger partial charge in [0.2, 0.25) is 0 Å². The van der Waals surface area contributed by atoms with Crippen molar-refractivity contribution in [3.05, 3.63) is 23.8 Å². The average molecular weight is 151 g/mol. The Hall–Kier alpha value is -1.05. The van der Waals surface area contributed by atoms with Crippen LogP contribution in [0.3, 0.4) is 0 Å². The van der Waals surface area contributed by atoms with Crippen LogP contribution in [-0.4, -0.2) is 13.0 Å². The van der Waals surface area contributed by atoms with Crippen LogP contribution < -0.4 is 5.32 Å². The number of amides is 1. The van der Waals surface area contributed by atoms with E-state index in [1.165, 1.54) is 0 Å². The fraction of sp³-hybridized carbons (Fsp3) is 0.444. The zero-order valence-electron chi connectivity index (χ0n) is 6.76. The van der Waals surface area contributed by atoms with Gasteiger partial charge in [0.05, 0.1) is 0 Å². The maximum Gasteiger partial charge on any atom is 0.250 e. The Morgan fingerprint density at radius 3 is 3.09 bits per heavy atom. The molecule has 0 atom stereocenters. The van der Waals surface area contributed by atoms with Gasteiger partial charge in [0.15, 0.2) is 0 Å². The fourth-order valence-electron chi connectivity index (χ4n) is 1.08. The summed E-state index contributed by atoms with van der Waals surface area (Å²) in [6.45, 7) is 0. The lowest BCUT2D eigenvalue weighted by atomic mass is 10.2. The van der Waals surface area contributed by atoms with Crippen molar-refractivity contribution in [2.75, 3.05) is 7.05 Å². The number of carbonyl (C=O) groups is 1. The van der Waals surface area contributed by atoms with Crippen LogP contribution in [0.5, 0.6) is 0 Å². The van der Waals surface area contributed by atoms with Gasteiger partial charge in [-0.25, -0.2) is 0 Å². The summed E-state index contributed by atoms with van der Waals surface area (Å²) in [5, 5.41) is 2.60. The number of rotatable bonds is 1. The summed E-state index contributed by atoms with van der Waals surface area (Å²) in [7, 11) is 1.65. The van der Waals surface area contributed by atoms with E-state index in [1.807, 2.05) is 18.2 Å². The number of hydrogen-bond donors (Lipinski definition) is 1. The molecule has 1 aliphatic rings. The van der Waals surface area contributed by atoms with Crippen LogP contribution in [0.2, 0.25) is 0 Å². The summed E-state index contributed by atoms with van der Waals surface area (Å²) in [5.74, 6) is 0.0168. The van der Waals surface area contributed by atoms with Gasteiger partial charge >= 0.3 is 0 Å². The van der Waals surface area contributed by atoms with E-state index in [0.717, 1.165) is 24.8 Å². The van der Waals surface area contributed by atoms with Gasteiger partial charge in [-0.05, 0) is 19.3 Å². The molecule has 0 bridgehead atoms. The number of likely N-dealkylation sites (N-methyl/N-ethyl adjacent to an activating group) is 1. The van der Waals surface area contributed by atoms with Gasteiger partial charge in [0.25, 0.3) is 5.91 Å². The van der Waals surface area contributed by atoms with Crippen LogP contribution in [0.1, 0.15) is 19.3 Å². The first-order valence-electron chi connectivity index (χ1n) is 3.93.